The summed E-state index contributed by atoms with van der Waals surface area (Å²) in [5, 5.41) is 4.70. The standard InChI is InChI=1S/C21H34BrN5O2/c1-3-20(27(24)12-16-6-7-16)21(23)19(22)15-29-14-17(5-4-9-25-2)11-26-10-8-18(28)13-26/h3-5,9,16,25H,6-8,10-15,23-24H2,1-2H3/b9-4-,17-5-,20-3+,21-19-. The van der Waals surface area contributed by atoms with Crippen LogP contribution in [0.15, 0.2) is 45.9 Å². The molecular formula is C21H34BrN5O2. The van der Waals surface area contributed by atoms with Crippen LogP contribution in [0.25, 0.3) is 0 Å². The summed E-state index contributed by atoms with van der Waals surface area (Å²) in [7, 11) is 1.85. The van der Waals surface area contributed by atoms with Crippen molar-refractivity contribution in [3.8, 4) is 0 Å². The number of carbonyl (C=O) groups is 1. The van der Waals surface area contributed by atoms with E-state index in [2.05, 4.69) is 26.1 Å². The smallest absolute Gasteiger partial charge is 0.148 e. The van der Waals surface area contributed by atoms with Gasteiger partial charge < -0.3 is 20.8 Å². The molecule has 0 unspecified atom stereocenters. The van der Waals surface area contributed by atoms with Crippen molar-refractivity contribution < 1.29 is 9.53 Å². The minimum atomic E-state index is 0.297. The number of hydrogen-bond donors (Lipinski definition) is 3. The maximum Gasteiger partial charge on any atom is 0.148 e. The molecule has 0 spiro atoms. The molecule has 0 aromatic carbocycles. The van der Waals surface area contributed by atoms with Crippen LogP contribution < -0.4 is 16.9 Å². The summed E-state index contributed by atoms with van der Waals surface area (Å²) in [6.45, 7) is 5.60. The predicted molar refractivity (Wildman–Crippen MR) is 121 cm³/mol. The van der Waals surface area contributed by atoms with E-state index in [0.717, 1.165) is 28.8 Å². The molecule has 1 heterocycles. The first-order chi connectivity index (χ1) is 13.9. The second kappa shape index (κ2) is 12.2. The van der Waals surface area contributed by atoms with Crippen LogP contribution in [0.4, 0.5) is 0 Å². The van der Waals surface area contributed by atoms with Crippen molar-refractivity contribution in [2.45, 2.75) is 26.2 Å². The Morgan fingerprint density at radius 1 is 1.41 bits per heavy atom. The normalized spacial score (nSPS) is 19.8. The van der Waals surface area contributed by atoms with Gasteiger partial charge in [0.05, 0.1) is 31.2 Å². The molecule has 0 radical (unpaired) electrons. The number of ketones is 1. The number of rotatable bonds is 12. The topological polar surface area (TPSA) is 96.8 Å². The zero-order valence-corrected chi connectivity index (χ0v) is 19.1. The Morgan fingerprint density at radius 3 is 2.76 bits per heavy atom. The molecular weight excluding hydrogens is 434 g/mol. The second-order valence-corrected chi connectivity index (χ2v) is 8.51. The summed E-state index contributed by atoms with van der Waals surface area (Å²) < 4.78 is 6.69. The molecule has 0 bridgehead atoms. The van der Waals surface area contributed by atoms with E-state index in [1.807, 2.05) is 38.4 Å². The lowest BCUT2D eigenvalue weighted by atomic mass is 10.2. The summed E-state index contributed by atoms with van der Waals surface area (Å²) in [5.74, 6) is 7.16. The number of nitrogens with one attached hydrogen (secondary N) is 1. The molecule has 8 heteroatoms. The number of nitrogens with zero attached hydrogens (tertiary/aromatic N) is 2. The fourth-order valence-electron chi connectivity index (χ4n) is 3.18. The lowest BCUT2D eigenvalue weighted by Gasteiger charge is -2.23. The zero-order chi connectivity index (χ0) is 21.2. The summed E-state index contributed by atoms with van der Waals surface area (Å²) in [6, 6.07) is 0. The molecule has 2 aliphatic rings. The molecule has 5 N–H and O–H groups in total. The van der Waals surface area contributed by atoms with E-state index in [9.17, 15) is 4.79 Å². The average Bonchev–Trinajstić information content (AvgIpc) is 3.41. The van der Waals surface area contributed by atoms with Gasteiger partial charge in [0.15, 0.2) is 0 Å². The maximum absolute atomic E-state index is 11.5. The highest BCUT2D eigenvalue weighted by molar-refractivity contribution is 9.11. The third-order valence-corrected chi connectivity index (χ3v) is 5.60. The number of carbonyl (C=O) groups excluding carboxylic acids is 1. The first-order valence-electron chi connectivity index (χ1n) is 10.1. The summed E-state index contributed by atoms with van der Waals surface area (Å²) in [4.78, 5) is 13.7. The van der Waals surface area contributed by atoms with E-state index < -0.39 is 0 Å². The van der Waals surface area contributed by atoms with Crippen LogP contribution in [0, 0.1) is 5.92 Å². The Hall–Kier alpha value is -1.61. The van der Waals surface area contributed by atoms with E-state index in [4.69, 9.17) is 16.3 Å². The molecule has 2 rings (SSSR count). The Kier molecular flexibility index (Phi) is 9.93. The first kappa shape index (κ1) is 23.7. The molecule has 1 aliphatic heterocycles. The number of hydrogen-bond acceptors (Lipinski definition) is 7. The van der Waals surface area contributed by atoms with Crippen LogP contribution in [0.3, 0.4) is 0 Å². The van der Waals surface area contributed by atoms with E-state index in [0.29, 0.717) is 50.1 Å². The van der Waals surface area contributed by atoms with E-state index in [1.165, 1.54) is 12.8 Å². The van der Waals surface area contributed by atoms with Gasteiger partial charge in [-0.25, -0.2) is 5.84 Å². The molecule has 162 valence electrons. The minimum Gasteiger partial charge on any atom is -0.396 e. The van der Waals surface area contributed by atoms with Crippen LogP contribution in [0.2, 0.25) is 0 Å². The number of halogens is 1. The molecule has 0 atom stereocenters. The monoisotopic (exact) mass is 467 g/mol. The lowest BCUT2D eigenvalue weighted by molar-refractivity contribution is -0.116. The fraction of sp³-hybridized carbons (Fsp3) is 0.571. The molecule has 1 saturated carbocycles. The minimum absolute atomic E-state index is 0.297. The molecule has 0 aromatic rings. The molecule has 0 aromatic heterocycles. The van der Waals surface area contributed by atoms with Gasteiger partial charge in [-0.2, -0.15) is 0 Å². The number of allylic oxidation sites excluding steroid dienone is 3. The second-order valence-electron chi connectivity index (χ2n) is 7.55. The summed E-state index contributed by atoms with van der Waals surface area (Å²) in [6.07, 6.45) is 10.9. The first-order valence-corrected chi connectivity index (χ1v) is 10.9. The van der Waals surface area contributed by atoms with Crippen molar-refractivity contribution in [1.82, 2.24) is 15.2 Å². The van der Waals surface area contributed by atoms with Gasteiger partial charge in [0.1, 0.15) is 5.78 Å². The Labute approximate surface area is 182 Å². The number of Topliss-reactive ketones (excluding diaryl/α,β-unsaturated/α-hetero) is 1. The van der Waals surface area contributed by atoms with Crippen molar-refractivity contribution >= 4 is 21.7 Å². The molecule has 1 aliphatic carbocycles. The van der Waals surface area contributed by atoms with Crippen molar-refractivity contribution in [2.75, 3.05) is 46.4 Å². The van der Waals surface area contributed by atoms with Gasteiger partial charge in [-0.15, -0.1) is 0 Å². The molecule has 7 nitrogen and oxygen atoms in total. The molecule has 2 fully saturated rings. The van der Waals surface area contributed by atoms with Crippen molar-refractivity contribution in [3.05, 3.63) is 45.9 Å². The number of likely N-dealkylation sites (tertiary alicyclic amines) is 1. The fourth-order valence-corrected chi connectivity index (χ4v) is 3.55. The molecule has 0 amide bonds. The average molecular weight is 468 g/mol. The van der Waals surface area contributed by atoms with Crippen LogP contribution >= 0.6 is 15.9 Å². The van der Waals surface area contributed by atoms with Gasteiger partial charge in [0.25, 0.3) is 0 Å². The van der Waals surface area contributed by atoms with Crippen molar-refractivity contribution in [3.63, 3.8) is 0 Å². The van der Waals surface area contributed by atoms with E-state index in [1.54, 1.807) is 5.01 Å². The van der Waals surface area contributed by atoms with Crippen LogP contribution in [0.1, 0.15) is 26.2 Å². The van der Waals surface area contributed by atoms with Crippen LogP contribution in [-0.2, 0) is 9.53 Å². The maximum atomic E-state index is 11.5. The molecule has 1 saturated heterocycles. The number of ether oxygens (including phenoxy) is 1. The highest BCUT2D eigenvalue weighted by atomic mass is 79.9. The lowest BCUT2D eigenvalue weighted by Crippen LogP contribution is -2.35. The number of hydrazine groups is 1. The van der Waals surface area contributed by atoms with Gasteiger partial charge in [0, 0.05) is 37.6 Å². The van der Waals surface area contributed by atoms with Crippen molar-refractivity contribution in [1.29, 1.82) is 0 Å². The van der Waals surface area contributed by atoms with E-state index in [-0.39, 0.29) is 0 Å². The third kappa shape index (κ3) is 8.34. The summed E-state index contributed by atoms with van der Waals surface area (Å²) in [5.41, 5.74) is 8.83. The van der Waals surface area contributed by atoms with Crippen LogP contribution in [0.5, 0.6) is 0 Å². The van der Waals surface area contributed by atoms with E-state index >= 15 is 0 Å². The largest absolute Gasteiger partial charge is 0.396 e. The highest BCUT2D eigenvalue weighted by Crippen LogP contribution is 2.30. The van der Waals surface area contributed by atoms with Gasteiger partial charge >= 0.3 is 0 Å². The Bertz CT molecular complexity index is 683. The summed E-state index contributed by atoms with van der Waals surface area (Å²) >= 11 is 3.55. The number of nitrogens with two attached hydrogens (primary N) is 2. The Balaban J connectivity index is 1.91. The van der Waals surface area contributed by atoms with Crippen molar-refractivity contribution in [2.24, 2.45) is 17.5 Å². The molecule has 29 heavy (non-hydrogen) atoms. The zero-order valence-electron chi connectivity index (χ0n) is 17.5. The van der Waals surface area contributed by atoms with Crippen LogP contribution in [-0.4, -0.2) is 62.1 Å². The van der Waals surface area contributed by atoms with Gasteiger partial charge in [-0.3, -0.25) is 9.69 Å². The Morgan fingerprint density at radius 2 is 2.17 bits per heavy atom. The van der Waals surface area contributed by atoms with Gasteiger partial charge in [-0.05, 0) is 43.5 Å². The predicted octanol–water partition coefficient (Wildman–Crippen LogP) is 1.99. The van der Waals surface area contributed by atoms with Gasteiger partial charge in [0.2, 0.25) is 0 Å². The third-order valence-electron chi connectivity index (χ3n) is 4.95. The quantitative estimate of drug-likeness (QED) is 0.229. The SMILES string of the molecule is C/C=C(\C(N)=C(\Br)COC/C(=C\C=C/NC)CN1CCC(=O)C1)N(N)CC1CC1. The van der Waals surface area contributed by atoms with Gasteiger partial charge in [-0.1, -0.05) is 28.1 Å². The highest BCUT2D eigenvalue weighted by Gasteiger charge is 2.25.